The Balaban J connectivity index is 1.52. The smallest absolute Gasteiger partial charge is 0.315 e. The van der Waals surface area contributed by atoms with Crippen molar-refractivity contribution in [3.05, 3.63) is 81.0 Å². The number of nitrogens with zero attached hydrogens (tertiary/aromatic N) is 2. The van der Waals surface area contributed by atoms with E-state index in [-0.39, 0.29) is 29.5 Å². The zero-order valence-electron chi connectivity index (χ0n) is 21.0. The van der Waals surface area contributed by atoms with Crippen LogP contribution in [0.3, 0.4) is 0 Å². The van der Waals surface area contributed by atoms with Crippen LogP contribution >= 0.6 is 0 Å². The van der Waals surface area contributed by atoms with E-state index in [1.807, 2.05) is 31.2 Å². The SMILES string of the molecule is COc1ccc([C@@H]2CC(=O)C3=C(C2)N=C(C)C(C(=O)OC2CCCC2)[C@H]3c2ccc([N+](=O)[O-])cc2)cc1. The molecule has 3 atom stereocenters. The summed E-state index contributed by atoms with van der Waals surface area (Å²) in [5.41, 5.74) is 3.48. The minimum Gasteiger partial charge on any atom is -0.497 e. The summed E-state index contributed by atoms with van der Waals surface area (Å²) in [6, 6.07) is 13.8. The van der Waals surface area contributed by atoms with Crippen LogP contribution in [0.2, 0.25) is 0 Å². The topological polar surface area (TPSA) is 108 Å². The van der Waals surface area contributed by atoms with Crippen molar-refractivity contribution < 1.29 is 24.0 Å². The Morgan fingerprint density at radius 2 is 1.65 bits per heavy atom. The summed E-state index contributed by atoms with van der Waals surface area (Å²) in [5, 5.41) is 11.2. The quantitative estimate of drug-likeness (QED) is 0.286. The van der Waals surface area contributed by atoms with E-state index in [4.69, 9.17) is 14.5 Å². The number of nitro groups is 1. The Morgan fingerprint density at radius 1 is 1.00 bits per heavy atom. The molecule has 5 rings (SSSR count). The van der Waals surface area contributed by atoms with Gasteiger partial charge in [-0.2, -0.15) is 0 Å². The van der Waals surface area contributed by atoms with Gasteiger partial charge in [0.1, 0.15) is 17.8 Å². The van der Waals surface area contributed by atoms with Crippen molar-refractivity contribution in [2.45, 2.75) is 63.4 Å². The summed E-state index contributed by atoms with van der Waals surface area (Å²) in [5.74, 6) is -1.06. The molecule has 0 radical (unpaired) electrons. The van der Waals surface area contributed by atoms with Gasteiger partial charge in [-0.05, 0) is 68.2 Å². The van der Waals surface area contributed by atoms with Gasteiger partial charge in [-0.1, -0.05) is 24.3 Å². The number of methoxy groups -OCH3 is 1. The molecule has 2 aromatic rings. The maximum absolute atomic E-state index is 13.7. The molecule has 0 spiro atoms. The molecule has 0 N–H and O–H groups in total. The first-order valence-electron chi connectivity index (χ1n) is 12.8. The van der Waals surface area contributed by atoms with Crippen LogP contribution in [0.25, 0.3) is 0 Å². The van der Waals surface area contributed by atoms with Crippen LogP contribution in [0.15, 0.2) is 64.8 Å². The molecule has 1 aliphatic heterocycles. The predicted molar refractivity (Wildman–Crippen MR) is 138 cm³/mol. The Kier molecular flexibility index (Phi) is 6.91. The van der Waals surface area contributed by atoms with E-state index in [1.54, 1.807) is 19.2 Å². The van der Waals surface area contributed by atoms with Crippen LogP contribution in [-0.4, -0.2) is 35.6 Å². The fourth-order valence-electron chi connectivity index (χ4n) is 5.88. The first kappa shape index (κ1) is 24.9. The molecule has 0 aromatic heterocycles. The Hall–Kier alpha value is -3.81. The summed E-state index contributed by atoms with van der Waals surface area (Å²) in [4.78, 5) is 42.8. The molecule has 1 fully saturated rings. The Morgan fingerprint density at radius 3 is 2.27 bits per heavy atom. The number of non-ortho nitro benzene ring substituents is 1. The second-order valence-corrected chi connectivity index (χ2v) is 10.1. The van der Waals surface area contributed by atoms with Crippen LogP contribution < -0.4 is 4.74 Å². The number of esters is 1. The lowest BCUT2D eigenvalue weighted by Crippen LogP contribution is -2.39. The zero-order valence-corrected chi connectivity index (χ0v) is 21.0. The predicted octanol–water partition coefficient (Wildman–Crippen LogP) is 5.66. The third-order valence-electron chi connectivity index (χ3n) is 7.78. The zero-order chi connectivity index (χ0) is 26.1. The molecule has 0 bridgehead atoms. The number of rotatable bonds is 6. The average molecular weight is 503 g/mol. The van der Waals surface area contributed by atoms with E-state index < -0.39 is 16.8 Å². The number of carbonyl (C=O) groups excluding carboxylic acids is 2. The van der Waals surface area contributed by atoms with Gasteiger partial charge in [0.15, 0.2) is 5.78 Å². The lowest BCUT2D eigenvalue weighted by molar-refractivity contribution is -0.384. The lowest BCUT2D eigenvalue weighted by Gasteiger charge is -2.37. The first-order valence-corrected chi connectivity index (χ1v) is 12.8. The van der Waals surface area contributed by atoms with Gasteiger partial charge in [0.25, 0.3) is 5.69 Å². The van der Waals surface area contributed by atoms with E-state index in [1.165, 1.54) is 12.1 Å². The van der Waals surface area contributed by atoms with Gasteiger partial charge in [0, 0.05) is 41.5 Å². The lowest BCUT2D eigenvalue weighted by atomic mass is 9.69. The minimum absolute atomic E-state index is 0.0341. The number of hydrogen-bond acceptors (Lipinski definition) is 7. The summed E-state index contributed by atoms with van der Waals surface area (Å²) in [6.07, 6.45) is 4.49. The van der Waals surface area contributed by atoms with Gasteiger partial charge in [0.05, 0.1) is 12.0 Å². The third-order valence-corrected chi connectivity index (χ3v) is 7.78. The molecule has 8 nitrogen and oxygen atoms in total. The van der Waals surface area contributed by atoms with Crippen molar-refractivity contribution in [3.63, 3.8) is 0 Å². The fraction of sp³-hybridized carbons (Fsp3) is 0.414. The molecule has 0 amide bonds. The molecule has 37 heavy (non-hydrogen) atoms. The molecule has 1 heterocycles. The van der Waals surface area contributed by atoms with Crippen LogP contribution in [0.4, 0.5) is 5.69 Å². The molecular weight excluding hydrogens is 472 g/mol. The van der Waals surface area contributed by atoms with Crippen molar-refractivity contribution in [1.29, 1.82) is 0 Å². The highest BCUT2D eigenvalue weighted by molar-refractivity contribution is 6.09. The van der Waals surface area contributed by atoms with Crippen molar-refractivity contribution in [2.75, 3.05) is 7.11 Å². The molecule has 192 valence electrons. The van der Waals surface area contributed by atoms with Gasteiger partial charge in [-0.25, -0.2) is 0 Å². The van der Waals surface area contributed by atoms with Gasteiger partial charge in [-0.3, -0.25) is 24.7 Å². The number of hydrogen-bond donors (Lipinski definition) is 0. The Labute approximate surface area is 215 Å². The number of Topliss-reactive ketones (excluding diaryl/α,β-unsaturated/α-hetero) is 1. The highest BCUT2D eigenvalue weighted by Gasteiger charge is 2.45. The van der Waals surface area contributed by atoms with Crippen molar-refractivity contribution in [1.82, 2.24) is 0 Å². The normalized spacial score (nSPS) is 23.9. The molecule has 1 unspecified atom stereocenters. The molecule has 8 heteroatoms. The van der Waals surface area contributed by atoms with Crippen LogP contribution in [0.5, 0.6) is 5.75 Å². The highest BCUT2D eigenvalue weighted by atomic mass is 16.6. The van der Waals surface area contributed by atoms with E-state index >= 15 is 0 Å². The summed E-state index contributed by atoms with van der Waals surface area (Å²) in [6.45, 7) is 1.81. The standard InChI is InChI=1S/C29H30N2O6/c1-17-26(29(33)37-23-5-3-4-6-23)27(19-7-11-21(12-8-19)31(34)35)28-24(30-17)15-20(16-25(28)32)18-9-13-22(36-2)14-10-18/h7-14,20,23,26-27H,3-6,15-16H2,1-2H3/t20-,26?,27+/m0/s1. The molecule has 0 saturated heterocycles. The largest absolute Gasteiger partial charge is 0.497 e. The number of allylic oxidation sites excluding steroid dienone is 2. The van der Waals surface area contributed by atoms with Gasteiger partial charge in [-0.15, -0.1) is 0 Å². The highest BCUT2D eigenvalue weighted by Crippen LogP contribution is 2.47. The molecule has 3 aliphatic rings. The summed E-state index contributed by atoms with van der Waals surface area (Å²) >= 11 is 0. The number of carbonyl (C=O) groups is 2. The molecule has 2 aromatic carbocycles. The number of benzene rings is 2. The van der Waals surface area contributed by atoms with Gasteiger partial charge in [0.2, 0.25) is 0 Å². The Bertz CT molecular complexity index is 1270. The van der Waals surface area contributed by atoms with E-state index in [9.17, 15) is 19.7 Å². The van der Waals surface area contributed by atoms with Crippen LogP contribution in [-0.2, 0) is 14.3 Å². The molecule has 1 saturated carbocycles. The monoisotopic (exact) mass is 502 g/mol. The average Bonchev–Trinajstić information content (AvgIpc) is 3.40. The van der Waals surface area contributed by atoms with Gasteiger partial charge < -0.3 is 9.47 Å². The molecule has 2 aliphatic carbocycles. The minimum atomic E-state index is -0.748. The van der Waals surface area contributed by atoms with Gasteiger partial charge >= 0.3 is 5.97 Å². The van der Waals surface area contributed by atoms with Crippen LogP contribution in [0.1, 0.15) is 68.4 Å². The second kappa shape index (κ2) is 10.3. The van der Waals surface area contributed by atoms with E-state index in [2.05, 4.69) is 0 Å². The molecular formula is C29H30N2O6. The van der Waals surface area contributed by atoms with Crippen molar-refractivity contribution >= 4 is 23.2 Å². The summed E-state index contributed by atoms with van der Waals surface area (Å²) in [7, 11) is 1.61. The summed E-state index contributed by atoms with van der Waals surface area (Å²) < 4.78 is 11.1. The number of nitro benzene ring substituents is 1. The maximum atomic E-state index is 13.7. The number of aliphatic imine (C=N–C) groups is 1. The number of ketones is 1. The fourth-order valence-corrected chi connectivity index (χ4v) is 5.88. The van der Waals surface area contributed by atoms with E-state index in [0.29, 0.717) is 35.4 Å². The number of ether oxygens (including phenoxy) is 2. The van der Waals surface area contributed by atoms with Crippen molar-refractivity contribution in [3.8, 4) is 5.75 Å². The van der Waals surface area contributed by atoms with E-state index in [0.717, 1.165) is 37.0 Å². The maximum Gasteiger partial charge on any atom is 0.315 e. The second-order valence-electron chi connectivity index (χ2n) is 10.1. The van der Waals surface area contributed by atoms with Crippen LogP contribution in [0, 0.1) is 16.0 Å². The third kappa shape index (κ3) is 4.92. The first-order chi connectivity index (χ1) is 17.9. The van der Waals surface area contributed by atoms with Crippen molar-refractivity contribution in [2.24, 2.45) is 10.9 Å².